The predicted molar refractivity (Wildman–Crippen MR) is 126 cm³/mol. The summed E-state index contributed by atoms with van der Waals surface area (Å²) in [5.41, 5.74) is 2.22. The van der Waals surface area contributed by atoms with E-state index < -0.39 is 0 Å². The van der Waals surface area contributed by atoms with Crippen LogP contribution in [0.3, 0.4) is 0 Å². The Morgan fingerprint density at radius 3 is 2.29 bits per heavy atom. The van der Waals surface area contributed by atoms with Gasteiger partial charge in [-0.1, -0.05) is 59.8 Å². The molecule has 0 aromatic heterocycles. The zero-order valence-electron chi connectivity index (χ0n) is 17.1. The van der Waals surface area contributed by atoms with Crippen LogP contribution >= 0.6 is 23.4 Å². The van der Waals surface area contributed by atoms with Crippen molar-refractivity contribution in [3.63, 3.8) is 0 Å². The van der Waals surface area contributed by atoms with Gasteiger partial charge in [0.1, 0.15) is 5.75 Å². The molecule has 0 spiro atoms. The van der Waals surface area contributed by atoms with Crippen LogP contribution in [-0.4, -0.2) is 18.4 Å². The first-order chi connectivity index (χ1) is 15.0. The number of hydrogen-bond acceptors (Lipinski definition) is 4. The molecule has 0 atom stereocenters. The molecule has 0 saturated heterocycles. The van der Waals surface area contributed by atoms with E-state index in [9.17, 15) is 9.59 Å². The number of benzene rings is 3. The van der Waals surface area contributed by atoms with Gasteiger partial charge < -0.3 is 4.74 Å². The lowest BCUT2D eigenvalue weighted by molar-refractivity contribution is -0.119. The number of halogens is 1. The van der Waals surface area contributed by atoms with Gasteiger partial charge in [-0.3, -0.25) is 9.59 Å². The fourth-order valence-electron chi connectivity index (χ4n) is 3.41. The Morgan fingerprint density at radius 1 is 0.903 bits per heavy atom. The first-order valence-electron chi connectivity index (χ1n) is 9.85. The van der Waals surface area contributed by atoms with Crippen LogP contribution < -0.4 is 9.64 Å². The molecule has 1 heterocycles. The maximum atomic E-state index is 13.6. The molecular weight excluding hydrogens is 430 g/mol. The van der Waals surface area contributed by atoms with Crippen LogP contribution in [0.25, 0.3) is 5.57 Å². The SMILES string of the molecule is CCOc1ccc(C2=C(Sc3ccccc3)C(=O)N(c3cccc(Cl)c3C)C2=O)cc1. The average molecular weight is 450 g/mol. The standard InChI is InChI=1S/C25H20ClNO3S/c1-3-30-18-14-12-17(13-15-18)22-23(31-19-8-5-4-6-9-19)25(29)27(24(22)28)21-11-7-10-20(26)16(21)2/h4-15H,3H2,1-2H3. The van der Waals surface area contributed by atoms with E-state index in [1.54, 1.807) is 25.1 Å². The van der Waals surface area contributed by atoms with Gasteiger partial charge in [-0.25, -0.2) is 4.90 Å². The minimum Gasteiger partial charge on any atom is -0.494 e. The normalized spacial score (nSPS) is 13.8. The molecule has 156 valence electrons. The van der Waals surface area contributed by atoms with E-state index in [-0.39, 0.29) is 11.8 Å². The molecule has 0 radical (unpaired) electrons. The van der Waals surface area contributed by atoms with Crippen molar-refractivity contribution in [3.8, 4) is 5.75 Å². The van der Waals surface area contributed by atoms with Gasteiger partial charge in [-0.15, -0.1) is 0 Å². The number of carbonyl (C=O) groups excluding carboxylic acids is 2. The lowest BCUT2D eigenvalue weighted by Crippen LogP contribution is -2.32. The highest BCUT2D eigenvalue weighted by Gasteiger charge is 2.41. The first kappa shape index (κ1) is 21.2. The van der Waals surface area contributed by atoms with Gasteiger partial charge >= 0.3 is 0 Å². The van der Waals surface area contributed by atoms with Gasteiger partial charge in [0, 0.05) is 9.92 Å². The number of thioether (sulfide) groups is 1. The van der Waals surface area contributed by atoms with Gasteiger partial charge in [0.05, 0.1) is 22.8 Å². The monoisotopic (exact) mass is 449 g/mol. The van der Waals surface area contributed by atoms with Crippen LogP contribution in [0.4, 0.5) is 5.69 Å². The van der Waals surface area contributed by atoms with Crippen LogP contribution in [-0.2, 0) is 9.59 Å². The third kappa shape index (κ3) is 4.11. The smallest absolute Gasteiger partial charge is 0.272 e. The molecule has 31 heavy (non-hydrogen) atoms. The zero-order chi connectivity index (χ0) is 22.0. The summed E-state index contributed by atoms with van der Waals surface area (Å²) < 4.78 is 5.52. The van der Waals surface area contributed by atoms with Crippen LogP contribution in [0.1, 0.15) is 18.1 Å². The summed E-state index contributed by atoms with van der Waals surface area (Å²) in [6.07, 6.45) is 0. The highest BCUT2D eigenvalue weighted by atomic mass is 35.5. The summed E-state index contributed by atoms with van der Waals surface area (Å²) in [7, 11) is 0. The summed E-state index contributed by atoms with van der Waals surface area (Å²) in [4.78, 5) is 29.5. The third-order valence-electron chi connectivity index (χ3n) is 4.94. The van der Waals surface area contributed by atoms with E-state index in [0.29, 0.717) is 44.7 Å². The van der Waals surface area contributed by atoms with Crippen molar-refractivity contribution >= 4 is 46.4 Å². The topological polar surface area (TPSA) is 46.6 Å². The molecule has 4 rings (SSSR count). The summed E-state index contributed by atoms with van der Waals surface area (Å²) in [6, 6.07) is 22.0. The number of nitrogens with zero attached hydrogens (tertiary/aromatic N) is 1. The summed E-state index contributed by atoms with van der Waals surface area (Å²) in [6.45, 7) is 4.27. The Kier molecular flexibility index (Phi) is 6.16. The summed E-state index contributed by atoms with van der Waals surface area (Å²) in [5.74, 6) is -0.00510. The fourth-order valence-corrected chi connectivity index (χ4v) is 4.59. The minimum absolute atomic E-state index is 0.354. The van der Waals surface area contributed by atoms with E-state index in [1.165, 1.54) is 16.7 Å². The lowest BCUT2D eigenvalue weighted by Gasteiger charge is -2.18. The molecule has 0 fully saturated rings. The molecule has 0 N–H and O–H groups in total. The molecule has 0 saturated carbocycles. The van der Waals surface area contributed by atoms with E-state index >= 15 is 0 Å². The van der Waals surface area contributed by atoms with Crippen LogP contribution in [0.15, 0.2) is 82.6 Å². The molecule has 6 heteroatoms. The molecular formula is C25H20ClNO3S. The van der Waals surface area contributed by atoms with Gasteiger partial charge in [0.2, 0.25) is 0 Å². The highest BCUT2D eigenvalue weighted by Crippen LogP contribution is 2.42. The average Bonchev–Trinajstić information content (AvgIpc) is 3.01. The van der Waals surface area contributed by atoms with Gasteiger partial charge in [-0.05, 0) is 61.4 Å². The van der Waals surface area contributed by atoms with E-state index in [4.69, 9.17) is 16.3 Å². The molecule has 4 nitrogen and oxygen atoms in total. The van der Waals surface area contributed by atoms with Crippen molar-refractivity contribution in [1.82, 2.24) is 0 Å². The summed E-state index contributed by atoms with van der Waals surface area (Å²) in [5, 5.41) is 0.505. The Bertz CT molecular complexity index is 1170. The molecule has 0 unspecified atom stereocenters. The zero-order valence-corrected chi connectivity index (χ0v) is 18.7. The maximum absolute atomic E-state index is 13.6. The number of rotatable bonds is 6. The molecule has 2 amide bonds. The Balaban J connectivity index is 1.82. The van der Waals surface area contributed by atoms with Crippen LogP contribution in [0, 0.1) is 6.92 Å². The second-order valence-electron chi connectivity index (χ2n) is 6.91. The minimum atomic E-state index is -0.363. The number of anilines is 1. The van der Waals surface area contributed by atoms with Crippen LogP contribution in [0.5, 0.6) is 5.75 Å². The fraction of sp³-hybridized carbons (Fsp3) is 0.120. The van der Waals surface area contributed by atoms with E-state index in [2.05, 4.69) is 0 Å². The third-order valence-corrected chi connectivity index (χ3v) is 6.44. The van der Waals surface area contributed by atoms with E-state index in [0.717, 1.165) is 4.90 Å². The van der Waals surface area contributed by atoms with Crippen LogP contribution in [0.2, 0.25) is 5.02 Å². The van der Waals surface area contributed by atoms with Gasteiger partial charge in [0.25, 0.3) is 11.8 Å². The lowest BCUT2D eigenvalue weighted by atomic mass is 10.1. The summed E-state index contributed by atoms with van der Waals surface area (Å²) >= 11 is 7.56. The molecule has 3 aromatic rings. The molecule has 0 aliphatic carbocycles. The Labute approximate surface area is 190 Å². The Morgan fingerprint density at radius 2 is 1.61 bits per heavy atom. The maximum Gasteiger partial charge on any atom is 0.272 e. The first-order valence-corrected chi connectivity index (χ1v) is 11.0. The quantitative estimate of drug-likeness (QED) is 0.425. The number of carbonyl (C=O) groups is 2. The van der Waals surface area contributed by atoms with Gasteiger partial charge in [-0.2, -0.15) is 0 Å². The number of imide groups is 1. The second-order valence-corrected chi connectivity index (χ2v) is 8.40. The van der Waals surface area contributed by atoms with Crippen molar-refractivity contribution in [2.24, 2.45) is 0 Å². The largest absolute Gasteiger partial charge is 0.494 e. The second kappa shape index (κ2) is 9.00. The van der Waals surface area contributed by atoms with Gasteiger partial charge in [0.15, 0.2) is 0 Å². The number of ether oxygens (including phenoxy) is 1. The number of amides is 2. The molecule has 3 aromatic carbocycles. The van der Waals surface area contributed by atoms with Crippen molar-refractivity contribution in [1.29, 1.82) is 0 Å². The molecule has 0 bridgehead atoms. The highest BCUT2D eigenvalue weighted by molar-refractivity contribution is 8.04. The molecule has 1 aliphatic rings. The predicted octanol–water partition coefficient (Wildman–Crippen LogP) is 6.12. The number of hydrogen-bond donors (Lipinski definition) is 0. The van der Waals surface area contributed by atoms with Crippen molar-refractivity contribution in [3.05, 3.63) is 93.9 Å². The van der Waals surface area contributed by atoms with Crippen molar-refractivity contribution in [2.75, 3.05) is 11.5 Å². The Hall–Kier alpha value is -3.02. The molecule has 1 aliphatic heterocycles. The van der Waals surface area contributed by atoms with E-state index in [1.807, 2.05) is 61.5 Å². The van der Waals surface area contributed by atoms with Crippen molar-refractivity contribution < 1.29 is 14.3 Å². The van der Waals surface area contributed by atoms with Crippen molar-refractivity contribution in [2.45, 2.75) is 18.7 Å².